The van der Waals surface area contributed by atoms with Crippen LogP contribution in [0.1, 0.15) is 5.69 Å². The van der Waals surface area contributed by atoms with Crippen molar-refractivity contribution < 1.29 is 12.8 Å². The molecule has 0 saturated heterocycles. The van der Waals surface area contributed by atoms with Crippen LogP contribution in [-0.2, 0) is 10.0 Å². The molecule has 0 amide bonds. The number of pyridine rings is 1. The minimum atomic E-state index is -3.98. The summed E-state index contributed by atoms with van der Waals surface area (Å²) in [5.41, 5.74) is 0.781. The molecule has 1 N–H and O–H groups in total. The van der Waals surface area contributed by atoms with Crippen molar-refractivity contribution in [3.8, 4) is 0 Å². The maximum absolute atomic E-state index is 13.2. The number of hydrogen-bond acceptors (Lipinski definition) is 3. The van der Waals surface area contributed by atoms with Crippen LogP contribution in [0.2, 0.25) is 5.02 Å². The second-order valence-corrected chi connectivity index (χ2v) is 6.82. The quantitative estimate of drug-likeness (QED) is 0.826. The lowest BCUT2D eigenvalue weighted by Crippen LogP contribution is -2.15. The number of nitrogens with zero attached hydrogens (tertiary/aromatic N) is 1. The maximum atomic E-state index is 13.2. The highest BCUT2D eigenvalue weighted by molar-refractivity contribution is 9.10. The zero-order chi connectivity index (χ0) is 14.9. The minimum absolute atomic E-state index is 0.0541. The van der Waals surface area contributed by atoms with Crippen LogP contribution in [0, 0.1) is 12.7 Å². The van der Waals surface area contributed by atoms with E-state index in [4.69, 9.17) is 11.6 Å². The molecule has 0 radical (unpaired) electrons. The molecule has 2 aromatic rings. The predicted octanol–water partition coefficient (Wildman–Crippen LogP) is 3.75. The van der Waals surface area contributed by atoms with Crippen molar-refractivity contribution in [1.29, 1.82) is 0 Å². The van der Waals surface area contributed by atoms with E-state index >= 15 is 0 Å². The lowest BCUT2D eigenvalue weighted by molar-refractivity contribution is 0.595. The zero-order valence-corrected chi connectivity index (χ0v) is 13.4. The Labute approximate surface area is 129 Å². The number of sulfonamides is 1. The van der Waals surface area contributed by atoms with Crippen molar-refractivity contribution in [1.82, 2.24) is 4.98 Å². The Morgan fingerprint density at radius 2 is 2.00 bits per heavy atom. The SMILES string of the molecule is Cc1nc(Br)ccc1NS(=O)(=O)c1cc(F)ccc1Cl. The van der Waals surface area contributed by atoms with E-state index in [-0.39, 0.29) is 9.92 Å². The fraction of sp³-hybridized carbons (Fsp3) is 0.0833. The minimum Gasteiger partial charge on any atom is -0.278 e. The summed E-state index contributed by atoms with van der Waals surface area (Å²) in [4.78, 5) is 3.76. The summed E-state index contributed by atoms with van der Waals surface area (Å²) in [5, 5.41) is -0.0541. The van der Waals surface area contributed by atoms with E-state index in [0.717, 1.165) is 12.1 Å². The van der Waals surface area contributed by atoms with E-state index in [9.17, 15) is 12.8 Å². The molecule has 106 valence electrons. The molecule has 0 aliphatic carbocycles. The molecule has 1 heterocycles. The predicted molar refractivity (Wildman–Crippen MR) is 78.9 cm³/mol. The van der Waals surface area contributed by atoms with E-state index in [0.29, 0.717) is 16.0 Å². The number of anilines is 1. The van der Waals surface area contributed by atoms with Crippen molar-refractivity contribution >= 4 is 43.2 Å². The van der Waals surface area contributed by atoms with Gasteiger partial charge in [-0.3, -0.25) is 4.72 Å². The third-order valence-corrected chi connectivity index (χ3v) is 4.77. The van der Waals surface area contributed by atoms with Crippen molar-refractivity contribution in [3.63, 3.8) is 0 Å². The van der Waals surface area contributed by atoms with Gasteiger partial charge in [-0.2, -0.15) is 0 Å². The van der Waals surface area contributed by atoms with Gasteiger partial charge in [0, 0.05) is 0 Å². The first kappa shape index (κ1) is 15.2. The third-order valence-electron chi connectivity index (χ3n) is 2.48. The van der Waals surface area contributed by atoms with Gasteiger partial charge in [0.05, 0.1) is 16.4 Å². The fourth-order valence-electron chi connectivity index (χ4n) is 1.52. The average molecular weight is 380 g/mol. The molecule has 0 spiro atoms. The van der Waals surface area contributed by atoms with Gasteiger partial charge in [0.2, 0.25) is 0 Å². The first-order valence-electron chi connectivity index (χ1n) is 5.40. The lowest BCUT2D eigenvalue weighted by atomic mass is 10.3. The number of halogens is 3. The summed E-state index contributed by atoms with van der Waals surface area (Å²) >= 11 is 8.99. The van der Waals surface area contributed by atoms with Gasteiger partial charge in [0.1, 0.15) is 15.3 Å². The van der Waals surface area contributed by atoms with Crippen molar-refractivity contribution in [2.24, 2.45) is 0 Å². The highest BCUT2D eigenvalue weighted by atomic mass is 79.9. The molecular weight excluding hydrogens is 371 g/mol. The van der Waals surface area contributed by atoms with Crippen LogP contribution in [0.3, 0.4) is 0 Å². The normalized spacial score (nSPS) is 11.4. The van der Waals surface area contributed by atoms with Gasteiger partial charge >= 0.3 is 0 Å². The average Bonchev–Trinajstić information content (AvgIpc) is 2.35. The summed E-state index contributed by atoms with van der Waals surface area (Å²) in [6.45, 7) is 1.65. The smallest absolute Gasteiger partial charge is 0.263 e. The molecule has 0 bridgehead atoms. The van der Waals surface area contributed by atoms with Crippen LogP contribution >= 0.6 is 27.5 Å². The van der Waals surface area contributed by atoms with E-state index < -0.39 is 15.8 Å². The van der Waals surface area contributed by atoms with Crippen LogP contribution in [0.15, 0.2) is 39.8 Å². The Hall–Kier alpha value is -1.18. The molecule has 1 aromatic heterocycles. The van der Waals surface area contributed by atoms with E-state index in [2.05, 4.69) is 25.6 Å². The Balaban J connectivity index is 2.43. The number of rotatable bonds is 3. The number of aryl methyl sites for hydroxylation is 1. The maximum Gasteiger partial charge on any atom is 0.263 e. The second-order valence-electron chi connectivity index (χ2n) is 3.95. The molecule has 0 fully saturated rings. The first-order valence-corrected chi connectivity index (χ1v) is 8.06. The van der Waals surface area contributed by atoms with Gasteiger partial charge < -0.3 is 0 Å². The lowest BCUT2D eigenvalue weighted by Gasteiger charge is -2.11. The van der Waals surface area contributed by atoms with E-state index in [1.165, 1.54) is 6.07 Å². The molecule has 20 heavy (non-hydrogen) atoms. The number of hydrogen-bond donors (Lipinski definition) is 1. The number of nitrogens with one attached hydrogen (secondary N) is 1. The van der Waals surface area contributed by atoms with Gasteiger partial charge in [-0.05, 0) is 53.2 Å². The molecule has 0 unspecified atom stereocenters. The molecule has 2 rings (SSSR count). The Morgan fingerprint density at radius 3 is 2.65 bits per heavy atom. The highest BCUT2D eigenvalue weighted by Gasteiger charge is 2.20. The third kappa shape index (κ3) is 3.28. The largest absolute Gasteiger partial charge is 0.278 e. The fourth-order valence-corrected chi connectivity index (χ4v) is 3.55. The molecule has 4 nitrogen and oxygen atoms in total. The Bertz CT molecular complexity index is 768. The molecule has 8 heteroatoms. The van der Waals surface area contributed by atoms with Gasteiger partial charge in [0.15, 0.2) is 0 Å². The van der Waals surface area contributed by atoms with Crippen molar-refractivity contribution in [2.45, 2.75) is 11.8 Å². The van der Waals surface area contributed by atoms with Gasteiger partial charge in [-0.15, -0.1) is 0 Å². The highest BCUT2D eigenvalue weighted by Crippen LogP contribution is 2.26. The molecule has 1 aromatic carbocycles. The van der Waals surface area contributed by atoms with Crippen molar-refractivity contribution in [2.75, 3.05) is 4.72 Å². The molecule has 0 atom stereocenters. The van der Waals surface area contributed by atoms with E-state index in [1.54, 1.807) is 19.1 Å². The van der Waals surface area contributed by atoms with Gasteiger partial charge in [0.25, 0.3) is 10.0 Å². The summed E-state index contributed by atoms with van der Waals surface area (Å²) in [6.07, 6.45) is 0. The number of aromatic nitrogens is 1. The number of benzene rings is 1. The van der Waals surface area contributed by atoms with Crippen LogP contribution in [0.25, 0.3) is 0 Å². The summed E-state index contributed by atoms with van der Waals surface area (Å²) in [5.74, 6) is -0.680. The van der Waals surface area contributed by atoms with E-state index in [1.807, 2.05) is 0 Å². The van der Waals surface area contributed by atoms with Gasteiger partial charge in [-0.25, -0.2) is 17.8 Å². The standard InChI is InChI=1S/C12H9BrClFN2O2S/c1-7-10(4-5-12(13)16-7)17-20(18,19)11-6-8(15)2-3-9(11)14/h2-6,17H,1H3. The zero-order valence-electron chi connectivity index (χ0n) is 10.2. The summed E-state index contributed by atoms with van der Waals surface area (Å²) in [7, 11) is -3.98. The molecule has 0 aliphatic rings. The van der Waals surface area contributed by atoms with Crippen LogP contribution in [0.5, 0.6) is 0 Å². The van der Waals surface area contributed by atoms with Crippen LogP contribution < -0.4 is 4.72 Å². The van der Waals surface area contributed by atoms with Crippen LogP contribution in [-0.4, -0.2) is 13.4 Å². The topological polar surface area (TPSA) is 59.1 Å². The Kier molecular flexibility index (Phi) is 4.31. The summed E-state index contributed by atoms with van der Waals surface area (Å²) in [6, 6.07) is 6.30. The van der Waals surface area contributed by atoms with Crippen molar-refractivity contribution in [3.05, 3.63) is 51.5 Å². The molecule has 0 aliphatic heterocycles. The molecule has 0 saturated carbocycles. The second kappa shape index (κ2) is 5.67. The monoisotopic (exact) mass is 378 g/mol. The molecular formula is C12H9BrClFN2O2S. The van der Waals surface area contributed by atoms with Gasteiger partial charge in [-0.1, -0.05) is 11.6 Å². The first-order chi connectivity index (χ1) is 9.29. The van der Waals surface area contributed by atoms with Crippen LogP contribution in [0.4, 0.5) is 10.1 Å². The summed E-state index contributed by atoms with van der Waals surface area (Å²) < 4.78 is 40.5. The Morgan fingerprint density at radius 1 is 1.30 bits per heavy atom.